The highest BCUT2D eigenvalue weighted by Gasteiger charge is 2.15. The van der Waals surface area contributed by atoms with Gasteiger partial charge in [-0.05, 0) is 78.3 Å². The van der Waals surface area contributed by atoms with Crippen molar-refractivity contribution in [1.82, 2.24) is 9.97 Å². The summed E-state index contributed by atoms with van der Waals surface area (Å²) in [7, 11) is 0. The van der Waals surface area contributed by atoms with E-state index in [-0.39, 0.29) is 7.43 Å². The molecule has 0 aliphatic heterocycles. The van der Waals surface area contributed by atoms with Gasteiger partial charge in [0.05, 0.1) is 55.9 Å². The molecule has 0 fully saturated rings. The molecule has 0 radical (unpaired) electrons. The minimum absolute atomic E-state index is 0. The summed E-state index contributed by atoms with van der Waals surface area (Å²) in [5, 5.41) is 10.2. The number of rotatable bonds is 8. The van der Waals surface area contributed by atoms with Crippen molar-refractivity contribution >= 4 is 99.7 Å². The van der Waals surface area contributed by atoms with E-state index in [1.807, 2.05) is 86.0 Å². The summed E-state index contributed by atoms with van der Waals surface area (Å²) in [5.74, 6) is 1.65. The zero-order valence-corrected chi connectivity index (χ0v) is 33.9. The van der Waals surface area contributed by atoms with Crippen molar-refractivity contribution in [1.29, 1.82) is 0 Å². The number of para-hydroxylation sites is 5. The molecule has 56 heavy (non-hydrogen) atoms. The number of nitrogens with two attached hydrogens (primary N) is 1. The van der Waals surface area contributed by atoms with Crippen LogP contribution in [0.1, 0.15) is 21.3 Å². The fraction of sp³-hybridized carbons (Fsp3) is 0.122. The molecule has 8 aromatic rings. The van der Waals surface area contributed by atoms with Gasteiger partial charge in [0.2, 0.25) is 0 Å². The minimum atomic E-state index is -0.471. The second-order valence-electron chi connectivity index (χ2n) is 11.2. The van der Waals surface area contributed by atoms with Gasteiger partial charge < -0.3 is 29.4 Å². The number of hydrogen-bond donors (Lipinski definition) is 2. The lowest BCUT2D eigenvalue weighted by molar-refractivity contribution is 0.338. The highest BCUT2D eigenvalue weighted by Crippen LogP contribution is 2.32. The molecule has 0 aliphatic carbocycles. The number of hydrogen-bond acceptors (Lipinski definition) is 12. The summed E-state index contributed by atoms with van der Waals surface area (Å²) in [4.78, 5) is 32.9. The van der Waals surface area contributed by atoms with Crippen molar-refractivity contribution < 1.29 is 18.3 Å². The van der Waals surface area contributed by atoms with Crippen molar-refractivity contribution in [2.24, 2.45) is 0 Å². The number of benzene rings is 4. The number of anilines is 3. The third-order valence-corrected chi connectivity index (χ3v) is 10.2. The van der Waals surface area contributed by atoms with Crippen LogP contribution in [0.25, 0.3) is 44.5 Å². The Labute approximate surface area is 348 Å². The quantitative estimate of drug-likeness (QED) is 0.142. The normalized spacial score (nSPS) is 10.4. The molecule has 4 heterocycles. The van der Waals surface area contributed by atoms with E-state index in [1.165, 1.54) is 22.7 Å². The second-order valence-corrected chi connectivity index (χ2v) is 14.7. The van der Waals surface area contributed by atoms with E-state index >= 15 is 0 Å². The van der Waals surface area contributed by atoms with E-state index in [4.69, 9.17) is 47.2 Å². The number of nitrogens with one attached hydrogen (secondary N) is 1. The number of thiazole rings is 2. The summed E-state index contributed by atoms with van der Waals surface area (Å²) in [6, 6.07) is 29.6. The largest absolute Gasteiger partial charge is 0.493 e. The van der Waals surface area contributed by atoms with Crippen molar-refractivity contribution in [2.45, 2.75) is 21.3 Å². The molecule has 4 aromatic carbocycles. The third-order valence-electron chi connectivity index (χ3n) is 7.57. The van der Waals surface area contributed by atoms with E-state index in [0.29, 0.717) is 67.2 Å². The molecule has 0 bridgehead atoms. The van der Waals surface area contributed by atoms with E-state index in [0.717, 1.165) is 32.4 Å². The number of fused-ring (bicyclic) bond motifs is 2. The van der Waals surface area contributed by atoms with Gasteiger partial charge in [-0.25, -0.2) is 19.6 Å². The molecule has 3 N–H and O–H groups in total. The molecule has 15 heteroatoms. The number of nitrogen functional groups attached to an aromatic ring is 1. The number of aromatic nitrogens is 2. The van der Waals surface area contributed by atoms with Gasteiger partial charge >= 0.3 is 11.3 Å². The molecule has 4 aromatic heterocycles. The standard InChI is InChI=1S/C20H15ClN2O3S.C12H7ClN2O2S.C8H9BrO.CH4/c1-2-25-17-9-4-3-8-15(17)22-20-23-16(11-27-20)13-10-12-6-5-7-14(21)18(12)26-19(13)24;13-8-3-1-2-6-4-7(11(16)17-10(6)8)9-5-18-12(14)15-9;1-2-10-8-6-4-3-5-7(8)9;/h3-11H,2H2,1H3,(H,22,23);1-5H,(H2,14,15);3-6H,2H2,1H3;1H4. The maximum atomic E-state index is 12.4. The Morgan fingerprint density at radius 2 is 1.23 bits per heavy atom. The predicted octanol–water partition coefficient (Wildman–Crippen LogP) is 12.3. The summed E-state index contributed by atoms with van der Waals surface area (Å²) in [6.07, 6.45) is 0. The van der Waals surface area contributed by atoms with Gasteiger partial charge in [-0.1, -0.05) is 79.2 Å². The molecular formula is C41H35BrCl2N4O6S2. The fourth-order valence-electron chi connectivity index (χ4n) is 5.12. The Balaban J connectivity index is 0.000000178. The van der Waals surface area contributed by atoms with Crippen LogP contribution in [0.15, 0.2) is 131 Å². The summed E-state index contributed by atoms with van der Waals surface area (Å²) >= 11 is 18.1. The molecule has 0 unspecified atom stereocenters. The zero-order chi connectivity index (χ0) is 38.9. The van der Waals surface area contributed by atoms with E-state index < -0.39 is 11.3 Å². The Hall–Kier alpha value is -5.18. The first-order valence-electron chi connectivity index (χ1n) is 16.6. The van der Waals surface area contributed by atoms with Crippen LogP contribution in [0, 0.1) is 0 Å². The Bertz CT molecular complexity index is 2700. The van der Waals surface area contributed by atoms with Crippen LogP contribution < -0.4 is 31.8 Å². The van der Waals surface area contributed by atoms with Crippen LogP contribution in [0.3, 0.4) is 0 Å². The first-order chi connectivity index (χ1) is 26.6. The fourth-order valence-corrected chi connectivity index (χ4v) is 7.25. The molecule has 10 nitrogen and oxygen atoms in total. The highest BCUT2D eigenvalue weighted by molar-refractivity contribution is 9.10. The van der Waals surface area contributed by atoms with Crippen molar-refractivity contribution in [3.8, 4) is 34.0 Å². The average molecular weight is 895 g/mol. The van der Waals surface area contributed by atoms with Crippen molar-refractivity contribution in [3.05, 3.63) is 143 Å². The lowest BCUT2D eigenvalue weighted by Crippen LogP contribution is -2.03. The van der Waals surface area contributed by atoms with E-state index in [1.54, 1.807) is 35.7 Å². The molecule has 8 rings (SSSR count). The van der Waals surface area contributed by atoms with E-state index in [9.17, 15) is 9.59 Å². The van der Waals surface area contributed by atoms with Crippen LogP contribution in [0.5, 0.6) is 11.5 Å². The van der Waals surface area contributed by atoms with Crippen molar-refractivity contribution in [2.75, 3.05) is 24.3 Å². The van der Waals surface area contributed by atoms with Crippen LogP contribution in [0.4, 0.5) is 16.0 Å². The molecular weight excluding hydrogens is 859 g/mol. The molecule has 0 saturated heterocycles. The van der Waals surface area contributed by atoms with Crippen LogP contribution in [-0.2, 0) is 0 Å². The maximum absolute atomic E-state index is 12.4. The monoisotopic (exact) mass is 892 g/mol. The van der Waals surface area contributed by atoms with Gasteiger partial charge in [0, 0.05) is 21.5 Å². The van der Waals surface area contributed by atoms with Gasteiger partial charge in [-0.15, -0.1) is 22.7 Å². The maximum Gasteiger partial charge on any atom is 0.345 e. The Morgan fingerprint density at radius 1 is 0.714 bits per heavy atom. The molecule has 0 amide bonds. The third kappa shape index (κ3) is 10.2. The van der Waals surface area contributed by atoms with Crippen molar-refractivity contribution in [3.63, 3.8) is 0 Å². The second kappa shape index (κ2) is 19.6. The van der Waals surface area contributed by atoms with Crippen LogP contribution in [0.2, 0.25) is 10.0 Å². The van der Waals surface area contributed by atoms with Gasteiger partial charge in [0.15, 0.2) is 21.4 Å². The lowest BCUT2D eigenvalue weighted by Gasteiger charge is -2.09. The number of ether oxygens (including phenoxy) is 2. The molecule has 0 spiro atoms. The number of halogens is 3. The average Bonchev–Trinajstić information content (AvgIpc) is 3.83. The Kier molecular flexibility index (Phi) is 14.7. The zero-order valence-electron chi connectivity index (χ0n) is 29.2. The summed E-state index contributed by atoms with van der Waals surface area (Å²) < 4.78 is 22.5. The first kappa shape index (κ1) is 42.0. The highest BCUT2D eigenvalue weighted by atomic mass is 79.9. The Morgan fingerprint density at radius 3 is 1.79 bits per heavy atom. The minimum Gasteiger partial charge on any atom is -0.493 e. The molecule has 288 valence electrons. The van der Waals surface area contributed by atoms with Crippen LogP contribution in [-0.4, -0.2) is 23.2 Å². The predicted molar refractivity (Wildman–Crippen MR) is 235 cm³/mol. The molecule has 0 atom stereocenters. The molecule has 0 saturated carbocycles. The van der Waals surface area contributed by atoms with Gasteiger partial charge in [-0.2, -0.15) is 0 Å². The topological polar surface area (TPSA) is 143 Å². The van der Waals surface area contributed by atoms with Crippen LogP contribution >= 0.6 is 61.8 Å². The SMILES string of the molecule is C.CCOc1ccccc1Br.CCOc1ccccc1Nc1nc(-c2cc3cccc(Cl)c3oc2=O)cs1.Nc1nc(-c2cc3cccc(Cl)c3oc2=O)cs1. The van der Waals surface area contributed by atoms with Gasteiger partial charge in [-0.3, -0.25) is 0 Å². The smallest absolute Gasteiger partial charge is 0.345 e. The van der Waals surface area contributed by atoms with Gasteiger partial charge in [0.25, 0.3) is 0 Å². The molecule has 0 aliphatic rings. The summed E-state index contributed by atoms with van der Waals surface area (Å²) in [6.45, 7) is 5.19. The summed E-state index contributed by atoms with van der Waals surface area (Å²) in [5.41, 5.74) is 8.05. The first-order valence-corrected chi connectivity index (χ1v) is 19.9. The lowest BCUT2D eigenvalue weighted by atomic mass is 10.1. The number of nitrogens with zero attached hydrogens (tertiary/aromatic N) is 2. The van der Waals surface area contributed by atoms with Gasteiger partial charge in [0.1, 0.15) is 11.5 Å². The van der Waals surface area contributed by atoms with E-state index in [2.05, 4.69) is 31.2 Å².